The van der Waals surface area contributed by atoms with Crippen molar-refractivity contribution in [3.05, 3.63) is 29.8 Å². The van der Waals surface area contributed by atoms with E-state index in [0.717, 1.165) is 30.6 Å². The number of para-hydroxylation sites is 1. The monoisotopic (exact) mass is 258 g/mol. The van der Waals surface area contributed by atoms with Gasteiger partial charge in [-0.25, -0.2) is 0 Å². The van der Waals surface area contributed by atoms with Gasteiger partial charge in [0.25, 0.3) is 0 Å². The first-order valence-corrected chi connectivity index (χ1v) is 6.65. The molecule has 4 nitrogen and oxygen atoms in total. The van der Waals surface area contributed by atoms with Gasteiger partial charge in [-0.3, -0.25) is 4.79 Å². The zero-order valence-corrected chi connectivity index (χ0v) is 10.9. The van der Waals surface area contributed by atoms with Gasteiger partial charge in [-0.1, -0.05) is 18.2 Å². The predicted molar refractivity (Wildman–Crippen MR) is 72.9 cm³/mol. The van der Waals surface area contributed by atoms with Crippen molar-refractivity contribution in [2.24, 2.45) is 5.92 Å². The molecule has 19 heavy (non-hydrogen) atoms. The van der Waals surface area contributed by atoms with Crippen molar-refractivity contribution in [2.75, 3.05) is 18.0 Å². The van der Waals surface area contributed by atoms with Gasteiger partial charge in [0.05, 0.1) is 12.0 Å². The second-order valence-electron chi connectivity index (χ2n) is 4.93. The number of benzene rings is 1. The van der Waals surface area contributed by atoms with Crippen LogP contribution in [0.25, 0.3) is 0 Å². The van der Waals surface area contributed by atoms with Gasteiger partial charge in [0.15, 0.2) is 0 Å². The van der Waals surface area contributed by atoms with Crippen molar-refractivity contribution >= 4 is 11.7 Å². The number of carbonyl (C=O) groups is 1. The maximum Gasteiger partial charge on any atom is 0.308 e. The Hall–Kier alpha value is -2.02. The molecule has 4 heteroatoms. The molecule has 0 saturated heterocycles. The molecule has 1 aliphatic rings. The third-order valence-electron chi connectivity index (χ3n) is 3.56. The fraction of sp³-hybridized carbons (Fsp3) is 0.467. The molecule has 1 aromatic carbocycles. The molecule has 1 aliphatic heterocycles. The minimum Gasteiger partial charge on any atom is -0.481 e. The van der Waals surface area contributed by atoms with E-state index in [1.54, 1.807) is 0 Å². The molecule has 2 rings (SSSR count). The van der Waals surface area contributed by atoms with Crippen LogP contribution in [0.1, 0.15) is 24.8 Å². The highest BCUT2D eigenvalue weighted by Gasteiger charge is 2.28. The molecule has 0 amide bonds. The Kier molecular flexibility index (Phi) is 4.40. The van der Waals surface area contributed by atoms with E-state index < -0.39 is 5.97 Å². The molecule has 0 spiro atoms. The third-order valence-corrected chi connectivity index (χ3v) is 3.56. The average Bonchev–Trinajstić information content (AvgIpc) is 2.43. The topological polar surface area (TPSA) is 64.3 Å². The maximum atomic E-state index is 11.2. The summed E-state index contributed by atoms with van der Waals surface area (Å²) in [5.41, 5.74) is 2.26. The van der Waals surface area contributed by atoms with Crippen LogP contribution in [0.15, 0.2) is 24.3 Å². The predicted octanol–water partition coefficient (Wildman–Crippen LogP) is 2.44. The minimum atomic E-state index is -0.725. The van der Waals surface area contributed by atoms with E-state index in [9.17, 15) is 9.90 Å². The van der Waals surface area contributed by atoms with Crippen molar-refractivity contribution < 1.29 is 9.90 Å². The lowest BCUT2D eigenvalue weighted by Crippen LogP contribution is -2.39. The number of hydrogen-bond acceptors (Lipinski definition) is 3. The number of nitriles is 1. The molecule has 0 aliphatic carbocycles. The SMILES string of the molecule is N#CCCCCN1CC(C(=O)O)Cc2ccccc21. The van der Waals surface area contributed by atoms with Gasteiger partial charge in [-0.2, -0.15) is 5.26 Å². The van der Waals surface area contributed by atoms with E-state index in [1.165, 1.54) is 0 Å². The molecule has 1 unspecified atom stereocenters. The zero-order valence-electron chi connectivity index (χ0n) is 10.9. The van der Waals surface area contributed by atoms with Gasteiger partial charge >= 0.3 is 5.97 Å². The summed E-state index contributed by atoms with van der Waals surface area (Å²) in [7, 11) is 0. The minimum absolute atomic E-state index is 0.328. The summed E-state index contributed by atoms with van der Waals surface area (Å²) in [5.74, 6) is -1.05. The average molecular weight is 258 g/mol. The van der Waals surface area contributed by atoms with Crippen LogP contribution in [-0.2, 0) is 11.2 Å². The Bertz CT molecular complexity index is 493. The molecular weight excluding hydrogens is 240 g/mol. The van der Waals surface area contributed by atoms with Crippen LogP contribution in [0, 0.1) is 17.2 Å². The number of carboxylic acids is 1. The molecule has 1 atom stereocenters. The molecule has 0 saturated carbocycles. The first-order valence-electron chi connectivity index (χ1n) is 6.65. The second kappa shape index (κ2) is 6.24. The van der Waals surface area contributed by atoms with E-state index in [4.69, 9.17) is 5.26 Å². The lowest BCUT2D eigenvalue weighted by molar-refractivity contribution is -0.141. The molecule has 0 radical (unpaired) electrons. The van der Waals surface area contributed by atoms with E-state index in [0.29, 0.717) is 19.4 Å². The van der Waals surface area contributed by atoms with Crippen LogP contribution >= 0.6 is 0 Å². The van der Waals surface area contributed by atoms with Gasteiger partial charge < -0.3 is 10.0 Å². The zero-order chi connectivity index (χ0) is 13.7. The molecule has 1 N–H and O–H groups in total. The Labute approximate surface area is 113 Å². The third kappa shape index (κ3) is 3.25. The second-order valence-corrected chi connectivity index (χ2v) is 4.93. The van der Waals surface area contributed by atoms with Gasteiger partial charge in [0, 0.05) is 25.2 Å². The Morgan fingerprint density at radius 1 is 1.42 bits per heavy atom. The van der Waals surface area contributed by atoms with E-state index in [2.05, 4.69) is 17.0 Å². The summed E-state index contributed by atoms with van der Waals surface area (Å²) in [6.45, 7) is 1.39. The molecule has 0 aromatic heterocycles. The first kappa shape index (κ1) is 13.4. The maximum absolute atomic E-state index is 11.2. The Balaban J connectivity index is 2.08. The first-order chi connectivity index (χ1) is 9.22. The summed E-state index contributed by atoms with van der Waals surface area (Å²) in [5, 5.41) is 17.8. The van der Waals surface area contributed by atoms with Crippen LogP contribution < -0.4 is 4.90 Å². The van der Waals surface area contributed by atoms with Gasteiger partial charge in [0.2, 0.25) is 0 Å². The lowest BCUT2D eigenvalue weighted by Gasteiger charge is -2.34. The number of carboxylic acid groups (broad SMARTS) is 1. The standard InChI is InChI=1S/C15H18N2O2/c16-8-4-1-5-9-17-11-13(15(18)19)10-12-6-2-3-7-14(12)17/h2-3,6-7,13H,1,4-5,9-11H2,(H,18,19). The van der Waals surface area contributed by atoms with Crippen LogP contribution in [0.2, 0.25) is 0 Å². The van der Waals surface area contributed by atoms with Gasteiger partial charge in [0.1, 0.15) is 0 Å². The highest BCUT2D eigenvalue weighted by Crippen LogP contribution is 2.29. The fourth-order valence-electron chi connectivity index (χ4n) is 2.57. The number of rotatable bonds is 5. The summed E-state index contributed by atoms with van der Waals surface area (Å²) in [6.07, 6.45) is 2.97. The van der Waals surface area contributed by atoms with E-state index in [-0.39, 0.29) is 5.92 Å². The summed E-state index contributed by atoms with van der Waals surface area (Å²) >= 11 is 0. The smallest absolute Gasteiger partial charge is 0.308 e. The molecular formula is C15H18N2O2. The number of nitrogens with zero attached hydrogens (tertiary/aromatic N) is 2. The Morgan fingerprint density at radius 2 is 2.21 bits per heavy atom. The van der Waals surface area contributed by atoms with Crippen molar-refractivity contribution in [3.63, 3.8) is 0 Å². The highest BCUT2D eigenvalue weighted by molar-refractivity contribution is 5.73. The summed E-state index contributed by atoms with van der Waals surface area (Å²) < 4.78 is 0. The lowest BCUT2D eigenvalue weighted by atomic mass is 9.92. The normalized spacial score (nSPS) is 17.6. The van der Waals surface area contributed by atoms with Crippen LogP contribution in [-0.4, -0.2) is 24.2 Å². The van der Waals surface area contributed by atoms with Crippen LogP contribution in [0.5, 0.6) is 0 Å². The van der Waals surface area contributed by atoms with Gasteiger partial charge in [-0.05, 0) is 30.9 Å². The number of hydrogen-bond donors (Lipinski definition) is 1. The van der Waals surface area contributed by atoms with Crippen molar-refractivity contribution in [3.8, 4) is 6.07 Å². The van der Waals surface area contributed by atoms with Gasteiger partial charge in [-0.15, -0.1) is 0 Å². The summed E-state index contributed by atoms with van der Waals surface area (Å²) in [6, 6.07) is 10.1. The van der Waals surface area contributed by atoms with Crippen molar-refractivity contribution in [1.82, 2.24) is 0 Å². The number of fused-ring (bicyclic) bond motifs is 1. The molecule has 1 aromatic rings. The largest absolute Gasteiger partial charge is 0.481 e. The number of aliphatic carboxylic acids is 1. The number of anilines is 1. The van der Waals surface area contributed by atoms with E-state index >= 15 is 0 Å². The van der Waals surface area contributed by atoms with Crippen LogP contribution in [0.4, 0.5) is 5.69 Å². The Morgan fingerprint density at radius 3 is 2.95 bits per heavy atom. The molecule has 1 heterocycles. The van der Waals surface area contributed by atoms with E-state index in [1.807, 2.05) is 18.2 Å². The molecule has 0 fully saturated rings. The molecule has 0 bridgehead atoms. The van der Waals surface area contributed by atoms with Crippen LogP contribution in [0.3, 0.4) is 0 Å². The van der Waals surface area contributed by atoms with Crippen molar-refractivity contribution in [1.29, 1.82) is 5.26 Å². The highest BCUT2D eigenvalue weighted by atomic mass is 16.4. The quantitative estimate of drug-likeness (QED) is 0.824. The number of unbranched alkanes of at least 4 members (excludes halogenated alkanes) is 2. The fourth-order valence-corrected chi connectivity index (χ4v) is 2.57. The summed E-state index contributed by atoms with van der Waals surface area (Å²) in [4.78, 5) is 13.4. The molecule has 100 valence electrons. The van der Waals surface area contributed by atoms with Crippen molar-refractivity contribution in [2.45, 2.75) is 25.7 Å².